The Bertz CT molecular complexity index is 410. The van der Waals surface area contributed by atoms with Gasteiger partial charge in [-0.1, -0.05) is 31.2 Å². The standard InChI is InChI=1S/C15H21N3/c1-3-13-4-6-14(7-5-13)15(12-16)18-10-8-17(2)9-11-18/h4-7,15H,3,8-11H2,1-2H3. The number of benzene rings is 1. The van der Waals surface area contributed by atoms with Gasteiger partial charge in [-0.3, -0.25) is 4.90 Å². The number of nitrogens with zero attached hydrogens (tertiary/aromatic N) is 3. The molecular formula is C15H21N3. The van der Waals surface area contributed by atoms with Crippen LogP contribution in [0.25, 0.3) is 0 Å². The van der Waals surface area contributed by atoms with E-state index in [2.05, 4.69) is 54.1 Å². The summed E-state index contributed by atoms with van der Waals surface area (Å²) in [5, 5.41) is 9.42. The number of rotatable bonds is 3. The lowest BCUT2D eigenvalue weighted by atomic mass is 10.0. The molecule has 1 aromatic rings. The SMILES string of the molecule is CCc1ccc(C(C#N)N2CCN(C)CC2)cc1. The van der Waals surface area contributed by atoms with Crippen molar-refractivity contribution in [3.05, 3.63) is 35.4 Å². The monoisotopic (exact) mass is 243 g/mol. The van der Waals surface area contributed by atoms with E-state index in [1.807, 2.05) is 0 Å². The zero-order chi connectivity index (χ0) is 13.0. The first-order chi connectivity index (χ1) is 8.74. The zero-order valence-electron chi connectivity index (χ0n) is 11.3. The third kappa shape index (κ3) is 2.90. The molecule has 0 bridgehead atoms. The molecule has 1 fully saturated rings. The summed E-state index contributed by atoms with van der Waals surface area (Å²) in [6.07, 6.45) is 1.05. The molecule has 1 saturated heterocycles. The lowest BCUT2D eigenvalue weighted by Gasteiger charge is -2.35. The molecule has 96 valence electrons. The summed E-state index contributed by atoms with van der Waals surface area (Å²) >= 11 is 0. The molecule has 3 nitrogen and oxygen atoms in total. The van der Waals surface area contributed by atoms with Crippen LogP contribution >= 0.6 is 0 Å². The highest BCUT2D eigenvalue weighted by atomic mass is 15.3. The molecule has 0 aliphatic carbocycles. The summed E-state index contributed by atoms with van der Waals surface area (Å²) in [5.74, 6) is 0. The average molecular weight is 243 g/mol. The van der Waals surface area contributed by atoms with Gasteiger partial charge >= 0.3 is 0 Å². The van der Waals surface area contributed by atoms with Gasteiger partial charge in [0.25, 0.3) is 0 Å². The Kier molecular flexibility index (Phi) is 4.35. The van der Waals surface area contributed by atoms with Crippen molar-refractivity contribution in [2.75, 3.05) is 33.2 Å². The second kappa shape index (κ2) is 5.99. The molecule has 2 rings (SSSR count). The van der Waals surface area contributed by atoms with Crippen molar-refractivity contribution < 1.29 is 0 Å². The fourth-order valence-corrected chi connectivity index (χ4v) is 2.38. The molecule has 0 aromatic heterocycles. The smallest absolute Gasteiger partial charge is 0.123 e. The van der Waals surface area contributed by atoms with Crippen molar-refractivity contribution >= 4 is 0 Å². The molecule has 1 aliphatic rings. The number of nitriles is 1. The summed E-state index contributed by atoms with van der Waals surface area (Å²) in [6.45, 7) is 6.20. The van der Waals surface area contributed by atoms with Crippen LogP contribution in [0.3, 0.4) is 0 Å². The van der Waals surface area contributed by atoms with Gasteiger partial charge in [0.2, 0.25) is 0 Å². The van der Waals surface area contributed by atoms with Crippen LogP contribution in [0.1, 0.15) is 24.1 Å². The maximum absolute atomic E-state index is 9.42. The molecule has 0 amide bonds. The van der Waals surface area contributed by atoms with Crippen LogP contribution in [-0.2, 0) is 6.42 Å². The number of hydrogen-bond acceptors (Lipinski definition) is 3. The summed E-state index contributed by atoms with van der Waals surface area (Å²) in [5.41, 5.74) is 2.45. The van der Waals surface area contributed by atoms with E-state index in [4.69, 9.17) is 0 Å². The van der Waals surface area contributed by atoms with Gasteiger partial charge in [0.1, 0.15) is 6.04 Å². The molecule has 1 aromatic carbocycles. The van der Waals surface area contributed by atoms with Crippen molar-refractivity contribution in [1.82, 2.24) is 9.80 Å². The van der Waals surface area contributed by atoms with Crippen LogP contribution in [0.5, 0.6) is 0 Å². The van der Waals surface area contributed by atoms with Gasteiger partial charge in [0.05, 0.1) is 6.07 Å². The molecule has 0 radical (unpaired) electrons. The van der Waals surface area contributed by atoms with E-state index in [1.54, 1.807) is 0 Å². The zero-order valence-corrected chi connectivity index (χ0v) is 11.3. The third-order valence-electron chi connectivity index (χ3n) is 3.73. The summed E-state index contributed by atoms with van der Waals surface area (Å²) < 4.78 is 0. The minimum atomic E-state index is -0.0930. The predicted octanol–water partition coefficient (Wildman–Crippen LogP) is 2.06. The first kappa shape index (κ1) is 13.1. The molecule has 1 aliphatic heterocycles. The van der Waals surface area contributed by atoms with Crippen LogP contribution in [0.4, 0.5) is 0 Å². The summed E-state index contributed by atoms with van der Waals surface area (Å²) in [7, 11) is 2.13. The molecule has 0 spiro atoms. The van der Waals surface area contributed by atoms with Crippen molar-refractivity contribution in [3.8, 4) is 6.07 Å². The molecule has 0 N–H and O–H groups in total. The molecule has 3 heteroatoms. The van der Waals surface area contributed by atoms with Crippen molar-refractivity contribution in [1.29, 1.82) is 5.26 Å². The minimum absolute atomic E-state index is 0.0930. The Hall–Kier alpha value is -1.37. The Morgan fingerprint density at radius 3 is 2.28 bits per heavy atom. The lowest BCUT2D eigenvalue weighted by molar-refractivity contribution is 0.133. The quantitative estimate of drug-likeness (QED) is 0.814. The molecular weight excluding hydrogens is 222 g/mol. The van der Waals surface area contributed by atoms with Crippen molar-refractivity contribution in [3.63, 3.8) is 0 Å². The van der Waals surface area contributed by atoms with Gasteiger partial charge in [-0.05, 0) is 24.6 Å². The first-order valence-electron chi connectivity index (χ1n) is 6.65. The summed E-state index contributed by atoms with van der Waals surface area (Å²) in [6, 6.07) is 10.8. The van der Waals surface area contributed by atoms with E-state index < -0.39 is 0 Å². The van der Waals surface area contributed by atoms with Crippen LogP contribution in [0, 0.1) is 11.3 Å². The summed E-state index contributed by atoms with van der Waals surface area (Å²) in [4.78, 5) is 4.59. The van der Waals surface area contributed by atoms with Gasteiger partial charge in [-0.15, -0.1) is 0 Å². The topological polar surface area (TPSA) is 30.3 Å². The number of likely N-dealkylation sites (N-methyl/N-ethyl adjacent to an activating group) is 1. The fraction of sp³-hybridized carbons (Fsp3) is 0.533. The highest BCUT2D eigenvalue weighted by Gasteiger charge is 2.23. The van der Waals surface area contributed by atoms with Crippen LogP contribution in [0.2, 0.25) is 0 Å². The fourth-order valence-electron chi connectivity index (χ4n) is 2.38. The van der Waals surface area contributed by atoms with E-state index >= 15 is 0 Å². The molecule has 1 atom stereocenters. The second-order valence-electron chi connectivity index (χ2n) is 4.97. The largest absolute Gasteiger partial charge is 0.304 e. The predicted molar refractivity (Wildman–Crippen MR) is 73.2 cm³/mol. The van der Waals surface area contributed by atoms with Gasteiger partial charge < -0.3 is 4.90 Å². The lowest BCUT2D eigenvalue weighted by Crippen LogP contribution is -2.45. The Morgan fingerprint density at radius 1 is 1.17 bits per heavy atom. The van der Waals surface area contributed by atoms with Gasteiger partial charge in [-0.2, -0.15) is 5.26 Å². The van der Waals surface area contributed by atoms with E-state index in [9.17, 15) is 5.26 Å². The van der Waals surface area contributed by atoms with Crippen molar-refractivity contribution in [2.24, 2.45) is 0 Å². The van der Waals surface area contributed by atoms with E-state index in [0.717, 1.165) is 38.2 Å². The number of hydrogen-bond donors (Lipinski definition) is 0. The average Bonchev–Trinajstić information content (AvgIpc) is 2.42. The normalized spacial score (nSPS) is 19.4. The van der Waals surface area contributed by atoms with Gasteiger partial charge in [-0.25, -0.2) is 0 Å². The van der Waals surface area contributed by atoms with Gasteiger partial charge in [0.15, 0.2) is 0 Å². The Balaban J connectivity index is 2.10. The number of piperazine rings is 1. The third-order valence-corrected chi connectivity index (χ3v) is 3.73. The van der Waals surface area contributed by atoms with E-state index in [0.29, 0.717) is 0 Å². The second-order valence-corrected chi connectivity index (χ2v) is 4.97. The van der Waals surface area contributed by atoms with Gasteiger partial charge in [0, 0.05) is 26.2 Å². The van der Waals surface area contributed by atoms with Crippen LogP contribution in [0.15, 0.2) is 24.3 Å². The van der Waals surface area contributed by atoms with Crippen molar-refractivity contribution in [2.45, 2.75) is 19.4 Å². The first-order valence-corrected chi connectivity index (χ1v) is 6.65. The molecule has 0 saturated carbocycles. The highest BCUT2D eigenvalue weighted by Crippen LogP contribution is 2.21. The van der Waals surface area contributed by atoms with E-state index in [-0.39, 0.29) is 6.04 Å². The maximum atomic E-state index is 9.42. The maximum Gasteiger partial charge on any atom is 0.123 e. The Labute approximate surface area is 110 Å². The number of aryl methyl sites for hydroxylation is 1. The molecule has 1 unspecified atom stereocenters. The highest BCUT2D eigenvalue weighted by molar-refractivity contribution is 5.28. The Morgan fingerprint density at radius 2 is 1.78 bits per heavy atom. The van der Waals surface area contributed by atoms with E-state index in [1.165, 1.54) is 5.56 Å². The molecule has 1 heterocycles. The van der Waals surface area contributed by atoms with Crippen LogP contribution < -0.4 is 0 Å². The minimum Gasteiger partial charge on any atom is -0.304 e. The van der Waals surface area contributed by atoms with Crippen LogP contribution in [-0.4, -0.2) is 43.0 Å². The molecule has 18 heavy (non-hydrogen) atoms.